The van der Waals surface area contributed by atoms with Crippen LogP contribution in [0.4, 0.5) is 0 Å². The number of fused-ring (bicyclic) bond motifs is 1. The Balaban J connectivity index is 2.07. The molecule has 0 aromatic carbocycles. The molecule has 2 heterocycles. The van der Waals surface area contributed by atoms with Crippen molar-refractivity contribution >= 4 is 29.5 Å². The van der Waals surface area contributed by atoms with E-state index in [-0.39, 0.29) is 29.0 Å². The summed E-state index contributed by atoms with van der Waals surface area (Å²) in [6, 6.07) is -0.802. The molecule has 0 radical (unpaired) electrons. The van der Waals surface area contributed by atoms with E-state index in [1.54, 1.807) is 0 Å². The third kappa shape index (κ3) is 1.87. The van der Waals surface area contributed by atoms with Gasteiger partial charge in [0.2, 0.25) is 11.8 Å². The fourth-order valence-electron chi connectivity index (χ4n) is 1.99. The molecule has 2 amide bonds. The summed E-state index contributed by atoms with van der Waals surface area (Å²) in [6.45, 7) is 1.40. The first-order valence-corrected chi connectivity index (χ1v) is 5.90. The van der Waals surface area contributed by atoms with Gasteiger partial charge in [0.25, 0.3) is 0 Å². The first-order valence-electron chi connectivity index (χ1n) is 4.95. The SMILES string of the molecule is CC(=O)NC1CC(C(=O)O)N2C(=O)C[C@H]2S1. The predicted octanol–water partition coefficient (Wildman–Crippen LogP) is -0.403. The predicted molar refractivity (Wildman–Crippen MR) is 56.5 cm³/mol. The highest BCUT2D eigenvalue weighted by molar-refractivity contribution is 8.00. The van der Waals surface area contributed by atoms with E-state index in [1.165, 1.54) is 23.6 Å². The molecule has 2 N–H and O–H groups in total. The Kier molecular flexibility index (Phi) is 2.79. The molecule has 0 aliphatic carbocycles. The normalized spacial score (nSPS) is 32.7. The van der Waals surface area contributed by atoms with Gasteiger partial charge in [-0.15, -0.1) is 11.8 Å². The molecule has 2 aliphatic rings. The molecule has 7 heteroatoms. The summed E-state index contributed by atoms with van der Waals surface area (Å²) in [6.07, 6.45) is 0.631. The van der Waals surface area contributed by atoms with Crippen LogP contribution < -0.4 is 5.32 Å². The van der Waals surface area contributed by atoms with Gasteiger partial charge in [-0.25, -0.2) is 4.79 Å². The first-order chi connectivity index (χ1) is 7.49. The van der Waals surface area contributed by atoms with Crippen molar-refractivity contribution in [3.05, 3.63) is 0 Å². The summed E-state index contributed by atoms with van der Waals surface area (Å²) >= 11 is 1.44. The Bertz CT molecular complexity index is 359. The van der Waals surface area contributed by atoms with Gasteiger partial charge in [0.15, 0.2) is 0 Å². The van der Waals surface area contributed by atoms with Crippen molar-refractivity contribution in [3.8, 4) is 0 Å². The number of carboxylic acid groups (broad SMARTS) is 1. The van der Waals surface area contributed by atoms with Gasteiger partial charge in [0.05, 0.1) is 17.2 Å². The molecule has 0 spiro atoms. The van der Waals surface area contributed by atoms with Crippen LogP contribution in [-0.2, 0) is 14.4 Å². The lowest BCUT2D eigenvalue weighted by Gasteiger charge is -2.49. The van der Waals surface area contributed by atoms with Crippen molar-refractivity contribution in [3.63, 3.8) is 0 Å². The number of carboxylic acids is 1. The Morgan fingerprint density at radius 1 is 1.56 bits per heavy atom. The summed E-state index contributed by atoms with van der Waals surface area (Å²) in [5.41, 5.74) is 0. The number of nitrogens with one attached hydrogen (secondary N) is 1. The Morgan fingerprint density at radius 2 is 2.25 bits per heavy atom. The minimum absolute atomic E-state index is 0.0980. The largest absolute Gasteiger partial charge is 0.480 e. The van der Waals surface area contributed by atoms with E-state index in [9.17, 15) is 14.4 Å². The maximum absolute atomic E-state index is 11.3. The first kappa shape index (κ1) is 11.3. The highest BCUT2D eigenvalue weighted by Gasteiger charge is 2.49. The fraction of sp³-hybridized carbons (Fsp3) is 0.667. The highest BCUT2D eigenvalue weighted by Crippen LogP contribution is 2.40. The van der Waals surface area contributed by atoms with Gasteiger partial charge in [0, 0.05) is 13.3 Å². The molecule has 2 fully saturated rings. The Labute approximate surface area is 96.4 Å². The zero-order valence-corrected chi connectivity index (χ0v) is 9.49. The van der Waals surface area contributed by atoms with Gasteiger partial charge in [-0.05, 0) is 0 Å². The zero-order chi connectivity index (χ0) is 11.9. The van der Waals surface area contributed by atoms with Gasteiger partial charge in [-0.1, -0.05) is 0 Å². The maximum atomic E-state index is 11.3. The molecule has 2 saturated heterocycles. The average Bonchev–Trinajstić information content (AvgIpc) is 2.14. The number of thioether (sulfide) groups is 1. The molecule has 0 bridgehead atoms. The van der Waals surface area contributed by atoms with Crippen LogP contribution in [0.25, 0.3) is 0 Å². The van der Waals surface area contributed by atoms with Crippen molar-refractivity contribution in [2.45, 2.75) is 36.6 Å². The van der Waals surface area contributed by atoms with Crippen molar-refractivity contribution in [1.82, 2.24) is 10.2 Å². The molecule has 6 nitrogen and oxygen atoms in total. The maximum Gasteiger partial charge on any atom is 0.326 e. The topological polar surface area (TPSA) is 86.7 Å². The molecule has 2 aliphatic heterocycles. The van der Waals surface area contributed by atoms with E-state index in [0.717, 1.165) is 0 Å². The van der Waals surface area contributed by atoms with Crippen LogP contribution in [0.15, 0.2) is 0 Å². The fourth-order valence-corrected chi connectivity index (χ4v) is 3.53. The quantitative estimate of drug-likeness (QED) is 0.645. The zero-order valence-electron chi connectivity index (χ0n) is 8.67. The summed E-state index contributed by atoms with van der Waals surface area (Å²) in [5.74, 6) is -1.30. The number of hydrogen-bond donors (Lipinski definition) is 2. The molecule has 16 heavy (non-hydrogen) atoms. The van der Waals surface area contributed by atoms with Crippen molar-refractivity contribution in [2.75, 3.05) is 0 Å². The van der Waals surface area contributed by atoms with Crippen molar-refractivity contribution < 1.29 is 19.5 Å². The molecule has 2 unspecified atom stereocenters. The number of aliphatic carboxylic acids is 1. The number of carbonyl (C=O) groups is 3. The van der Waals surface area contributed by atoms with Gasteiger partial charge in [-0.3, -0.25) is 9.59 Å². The number of nitrogens with zero attached hydrogens (tertiary/aromatic N) is 1. The van der Waals surface area contributed by atoms with Crippen LogP contribution in [0.1, 0.15) is 19.8 Å². The molecule has 0 aromatic heterocycles. The van der Waals surface area contributed by atoms with E-state index < -0.39 is 12.0 Å². The third-order valence-corrected chi connectivity index (χ3v) is 4.04. The van der Waals surface area contributed by atoms with E-state index in [0.29, 0.717) is 6.42 Å². The summed E-state index contributed by atoms with van der Waals surface area (Å²) < 4.78 is 0. The van der Waals surface area contributed by atoms with Crippen LogP contribution >= 0.6 is 11.8 Å². The van der Waals surface area contributed by atoms with E-state index in [1.807, 2.05) is 0 Å². The van der Waals surface area contributed by atoms with Gasteiger partial charge in [0.1, 0.15) is 6.04 Å². The third-order valence-electron chi connectivity index (χ3n) is 2.69. The lowest BCUT2D eigenvalue weighted by Crippen LogP contribution is -2.63. The Morgan fingerprint density at radius 3 is 2.75 bits per heavy atom. The second kappa shape index (κ2) is 3.97. The van der Waals surface area contributed by atoms with Crippen LogP contribution in [-0.4, -0.2) is 44.6 Å². The van der Waals surface area contributed by atoms with Crippen LogP contribution in [0, 0.1) is 0 Å². The smallest absolute Gasteiger partial charge is 0.326 e. The highest BCUT2D eigenvalue weighted by atomic mass is 32.2. The number of β-lactam (4-membered cyclic amide) rings is 1. The summed E-state index contributed by atoms with van der Waals surface area (Å²) in [5, 5.41) is 11.4. The monoisotopic (exact) mass is 244 g/mol. The molecule has 2 rings (SSSR count). The van der Waals surface area contributed by atoms with E-state index >= 15 is 0 Å². The Hall–Kier alpha value is -1.24. The molecule has 0 aromatic rings. The lowest BCUT2D eigenvalue weighted by atomic mass is 10.1. The average molecular weight is 244 g/mol. The van der Waals surface area contributed by atoms with Gasteiger partial charge < -0.3 is 15.3 Å². The minimum Gasteiger partial charge on any atom is -0.480 e. The van der Waals surface area contributed by atoms with Crippen LogP contribution in [0.5, 0.6) is 0 Å². The number of carbonyl (C=O) groups excluding carboxylic acids is 2. The minimum atomic E-state index is -1.01. The second-order valence-corrected chi connectivity index (χ2v) is 5.26. The van der Waals surface area contributed by atoms with E-state index in [4.69, 9.17) is 5.11 Å². The molecular weight excluding hydrogens is 232 g/mol. The molecule has 3 atom stereocenters. The summed E-state index contributed by atoms with van der Waals surface area (Å²) in [4.78, 5) is 34.6. The van der Waals surface area contributed by atoms with Crippen LogP contribution in [0.2, 0.25) is 0 Å². The lowest BCUT2D eigenvalue weighted by molar-refractivity contribution is -0.159. The van der Waals surface area contributed by atoms with Crippen LogP contribution in [0.3, 0.4) is 0 Å². The van der Waals surface area contributed by atoms with Gasteiger partial charge in [-0.2, -0.15) is 0 Å². The number of hydrogen-bond acceptors (Lipinski definition) is 4. The molecule has 0 saturated carbocycles. The van der Waals surface area contributed by atoms with Crippen molar-refractivity contribution in [2.24, 2.45) is 0 Å². The number of amides is 2. The standard InChI is InChI=1S/C9H12N2O4S/c1-4(12)10-6-2-5(9(14)15)11-7(13)3-8(11)16-6/h5-6,8H,2-3H2,1H3,(H,10,12)(H,14,15)/t5?,6?,8-/m1/s1. The van der Waals surface area contributed by atoms with Crippen molar-refractivity contribution in [1.29, 1.82) is 0 Å². The second-order valence-electron chi connectivity index (χ2n) is 3.87. The molecular formula is C9H12N2O4S. The summed E-state index contributed by atoms with van der Waals surface area (Å²) in [7, 11) is 0. The number of rotatable bonds is 2. The van der Waals surface area contributed by atoms with Gasteiger partial charge >= 0.3 is 5.97 Å². The van der Waals surface area contributed by atoms with E-state index in [2.05, 4.69) is 5.32 Å². The molecule has 88 valence electrons.